The van der Waals surface area contributed by atoms with Crippen molar-refractivity contribution in [3.63, 3.8) is 0 Å². The van der Waals surface area contributed by atoms with Crippen LogP contribution in [-0.4, -0.2) is 6.10 Å². The highest BCUT2D eigenvalue weighted by Gasteiger charge is 2.11. The van der Waals surface area contributed by atoms with E-state index in [2.05, 4.69) is 6.58 Å². The minimum absolute atomic E-state index is 0.483. The summed E-state index contributed by atoms with van der Waals surface area (Å²) < 4.78 is 5.25. The normalized spacial score (nSPS) is 18.0. The molecule has 0 aromatic rings. The quantitative estimate of drug-likeness (QED) is 0.556. The van der Waals surface area contributed by atoms with Crippen molar-refractivity contribution >= 4 is 0 Å². The average Bonchev–Trinajstić information content (AvgIpc) is 2.11. The zero-order valence-electron chi connectivity index (χ0n) is 7.81. The molecule has 1 rings (SSSR count). The van der Waals surface area contributed by atoms with Gasteiger partial charge in [-0.15, -0.1) is 0 Å². The Balaban J connectivity index is 0.000000461. The van der Waals surface area contributed by atoms with E-state index in [0.29, 0.717) is 6.10 Å². The minimum atomic E-state index is 0.483. The highest BCUT2D eigenvalue weighted by Crippen LogP contribution is 2.19. The Labute approximate surface area is 70.4 Å². The molecule has 1 aliphatic rings. The first kappa shape index (κ1) is 10.5. The molecule has 11 heavy (non-hydrogen) atoms. The molecule has 0 spiro atoms. The van der Waals surface area contributed by atoms with Gasteiger partial charge >= 0.3 is 0 Å². The SMILES string of the molecule is C=COC1CCCCC1.CC. The van der Waals surface area contributed by atoms with Crippen molar-refractivity contribution in [1.82, 2.24) is 0 Å². The highest BCUT2D eigenvalue weighted by molar-refractivity contribution is 4.67. The Morgan fingerprint density at radius 3 is 2.18 bits per heavy atom. The maximum Gasteiger partial charge on any atom is 0.0978 e. The van der Waals surface area contributed by atoms with Gasteiger partial charge in [-0.2, -0.15) is 0 Å². The molecule has 0 aromatic carbocycles. The van der Waals surface area contributed by atoms with Crippen molar-refractivity contribution in [2.24, 2.45) is 0 Å². The molecule has 0 aliphatic heterocycles. The van der Waals surface area contributed by atoms with Gasteiger partial charge in [0.15, 0.2) is 0 Å². The fourth-order valence-corrected chi connectivity index (χ4v) is 1.34. The Morgan fingerprint density at radius 1 is 1.18 bits per heavy atom. The molecule has 0 amide bonds. The van der Waals surface area contributed by atoms with Gasteiger partial charge in [0.2, 0.25) is 0 Å². The van der Waals surface area contributed by atoms with Crippen LogP contribution in [0.1, 0.15) is 46.0 Å². The summed E-state index contributed by atoms with van der Waals surface area (Å²) in [4.78, 5) is 0. The van der Waals surface area contributed by atoms with Gasteiger partial charge in [-0.1, -0.05) is 26.8 Å². The van der Waals surface area contributed by atoms with Crippen LogP contribution in [0.15, 0.2) is 12.8 Å². The van der Waals surface area contributed by atoms with Crippen molar-refractivity contribution in [2.45, 2.75) is 52.1 Å². The van der Waals surface area contributed by atoms with E-state index in [-0.39, 0.29) is 0 Å². The van der Waals surface area contributed by atoms with E-state index in [1.807, 2.05) is 13.8 Å². The van der Waals surface area contributed by atoms with Crippen LogP contribution < -0.4 is 0 Å². The van der Waals surface area contributed by atoms with Crippen LogP contribution in [0.4, 0.5) is 0 Å². The molecule has 0 heterocycles. The molecule has 0 bridgehead atoms. The number of hydrogen-bond acceptors (Lipinski definition) is 1. The van der Waals surface area contributed by atoms with Gasteiger partial charge < -0.3 is 4.74 Å². The van der Waals surface area contributed by atoms with Crippen LogP contribution in [0.2, 0.25) is 0 Å². The van der Waals surface area contributed by atoms with Gasteiger partial charge in [-0.3, -0.25) is 0 Å². The average molecular weight is 156 g/mol. The van der Waals surface area contributed by atoms with E-state index >= 15 is 0 Å². The van der Waals surface area contributed by atoms with E-state index in [0.717, 1.165) is 0 Å². The Hall–Kier alpha value is -0.460. The lowest BCUT2D eigenvalue weighted by Crippen LogP contribution is -2.13. The molecule has 0 N–H and O–H groups in total. The summed E-state index contributed by atoms with van der Waals surface area (Å²) in [5.41, 5.74) is 0. The molecule has 1 nitrogen and oxygen atoms in total. The minimum Gasteiger partial charge on any atom is -0.499 e. The zero-order chi connectivity index (χ0) is 8.53. The van der Waals surface area contributed by atoms with Crippen LogP contribution in [0.25, 0.3) is 0 Å². The third-order valence-corrected chi connectivity index (χ3v) is 1.84. The lowest BCUT2D eigenvalue weighted by atomic mass is 9.98. The molecular formula is C10H20O. The predicted octanol–water partition coefficient (Wildman–Crippen LogP) is 3.51. The van der Waals surface area contributed by atoms with Gasteiger partial charge in [0, 0.05) is 0 Å². The fraction of sp³-hybridized carbons (Fsp3) is 0.800. The molecule has 0 unspecified atom stereocenters. The van der Waals surface area contributed by atoms with E-state index in [1.54, 1.807) is 6.26 Å². The Morgan fingerprint density at radius 2 is 1.73 bits per heavy atom. The van der Waals surface area contributed by atoms with Gasteiger partial charge in [0.05, 0.1) is 12.4 Å². The summed E-state index contributed by atoms with van der Waals surface area (Å²) in [6, 6.07) is 0. The summed E-state index contributed by atoms with van der Waals surface area (Å²) in [7, 11) is 0. The summed E-state index contributed by atoms with van der Waals surface area (Å²) >= 11 is 0. The molecule has 0 radical (unpaired) electrons. The van der Waals surface area contributed by atoms with Crippen molar-refractivity contribution < 1.29 is 4.74 Å². The molecule has 1 aliphatic carbocycles. The van der Waals surface area contributed by atoms with E-state index in [4.69, 9.17) is 4.74 Å². The summed E-state index contributed by atoms with van der Waals surface area (Å²) in [5, 5.41) is 0. The maximum atomic E-state index is 5.25. The first-order chi connectivity index (χ1) is 5.43. The first-order valence-electron chi connectivity index (χ1n) is 4.70. The second-order valence-electron chi connectivity index (χ2n) is 2.56. The van der Waals surface area contributed by atoms with E-state index in [1.165, 1.54) is 32.1 Å². The smallest absolute Gasteiger partial charge is 0.0978 e. The topological polar surface area (TPSA) is 9.23 Å². The lowest BCUT2D eigenvalue weighted by Gasteiger charge is -2.20. The number of rotatable bonds is 2. The first-order valence-corrected chi connectivity index (χ1v) is 4.70. The summed E-state index contributed by atoms with van der Waals surface area (Å²) in [5.74, 6) is 0. The van der Waals surface area contributed by atoms with Crippen molar-refractivity contribution in [2.75, 3.05) is 0 Å². The molecule has 0 atom stereocenters. The van der Waals surface area contributed by atoms with E-state index in [9.17, 15) is 0 Å². The van der Waals surface area contributed by atoms with Crippen LogP contribution in [0.5, 0.6) is 0 Å². The third kappa shape index (κ3) is 4.88. The molecule has 1 fully saturated rings. The predicted molar refractivity (Wildman–Crippen MR) is 49.5 cm³/mol. The Kier molecular flexibility index (Phi) is 7.33. The lowest BCUT2D eigenvalue weighted by molar-refractivity contribution is 0.107. The molecule has 0 saturated heterocycles. The Bertz CT molecular complexity index is 82.9. The highest BCUT2D eigenvalue weighted by atomic mass is 16.5. The van der Waals surface area contributed by atoms with Gasteiger partial charge in [-0.25, -0.2) is 0 Å². The largest absolute Gasteiger partial charge is 0.499 e. The van der Waals surface area contributed by atoms with Crippen LogP contribution >= 0.6 is 0 Å². The molecule has 66 valence electrons. The second kappa shape index (κ2) is 7.64. The van der Waals surface area contributed by atoms with Gasteiger partial charge in [0.25, 0.3) is 0 Å². The second-order valence-corrected chi connectivity index (χ2v) is 2.56. The van der Waals surface area contributed by atoms with E-state index < -0.39 is 0 Å². The van der Waals surface area contributed by atoms with Crippen molar-refractivity contribution in [3.8, 4) is 0 Å². The number of ether oxygens (including phenoxy) is 1. The third-order valence-electron chi connectivity index (χ3n) is 1.84. The van der Waals surface area contributed by atoms with Crippen molar-refractivity contribution in [3.05, 3.63) is 12.8 Å². The number of hydrogen-bond donors (Lipinski definition) is 0. The monoisotopic (exact) mass is 156 g/mol. The maximum absolute atomic E-state index is 5.25. The zero-order valence-corrected chi connectivity index (χ0v) is 7.81. The fourth-order valence-electron chi connectivity index (χ4n) is 1.34. The van der Waals surface area contributed by atoms with Crippen LogP contribution in [0, 0.1) is 0 Å². The molecule has 0 aromatic heterocycles. The standard InChI is InChI=1S/C8H14O.C2H6/c1-2-9-8-6-4-3-5-7-8;1-2/h2,8H,1,3-7H2;1-2H3. The van der Waals surface area contributed by atoms with Gasteiger partial charge in [0.1, 0.15) is 0 Å². The van der Waals surface area contributed by atoms with Crippen LogP contribution in [0.3, 0.4) is 0 Å². The molecule has 1 saturated carbocycles. The van der Waals surface area contributed by atoms with Crippen LogP contribution in [-0.2, 0) is 4.74 Å². The van der Waals surface area contributed by atoms with Gasteiger partial charge in [-0.05, 0) is 25.7 Å². The summed E-state index contributed by atoms with van der Waals surface area (Å²) in [6.45, 7) is 7.53. The van der Waals surface area contributed by atoms with Crippen molar-refractivity contribution in [1.29, 1.82) is 0 Å². The molecular weight excluding hydrogens is 136 g/mol. The molecule has 1 heteroatoms. The summed E-state index contributed by atoms with van der Waals surface area (Å²) in [6.07, 6.45) is 8.55.